The Bertz CT molecular complexity index is 455. The number of nitrogens with zero attached hydrogens (tertiary/aromatic N) is 1. The molecule has 18 heavy (non-hydrogen) atoms. The molecule has 1 saturated heterocycles. The molecule has 1 N–H and O–H groups in total. The summed E-state index contributed by atoms with van der Waals surface area (Å²) in [5.41, 5.74) is -0.741. The van der Waals surface area contributed by atoms with Gasteiger partial charge >= 0.3 is 0 Å². The van der Waals surface area contributed by atoms with Gasteiger partial charge in [0.2, 0.25) is 0 Å². The molecule has 6 heteroatoms. The molecule has 0 aliphatic carbocycles. The average Bonchev–Trinajstić information content (AvgIpc) is 2.75. The molecule has 0 saturated carbocycles. The fourth-order valence-corrected chi connectivity index (χ4v) is 2.07. The number of hydrogen-bond donors (Lipinski definition) is 1. The van der Waals surface area contributed by atoms with Gasteiger partial charge in [-0.05, 0) is 6.42 Å². The predicted octanol–water partition coefficient (Wildman–Crippen LogP) is 1.56. The topological polar surface area (TPSA) is 40.5 Å². The number of carbonyl (C=O) groups is 1. The second-order valence-electron chi connectivity index (χ2n) is 4.33. The standard InChI is InChI=1S/C12H12F3NO2/c13-8-3-9(14)11(10(15)4-8)12(18)16-2-1-7(5-16)6-17/h3-4,7,17H,1-2,5-6H2. The van der Waals surface area contributed by atoms with Crippen LogP contribution < -0.4 is 0 Å². The number of aliphatic hydroxyl groups excluding tert-OH is 1. The maximum absolute atomic E-state index is 13.4. The molecule has 1 unspecified atom stereocenters. The summed E-state index contributed by atoms with van der Waals surface area (Å²) < 4.78 is 39.6. The molecule has 0 spiro atoms. The van der Waals surface area contributed by atoms with Gasteiger partial charge in [-0.1, -0.05) is 0 Å². The van der Waals surface area contributed by atoms with E-state index in [4.69, 9.17) is 5.11 Å². The van der Waals surface area contributed by atoms with E-state index in [-0.39, 0.29) is 19.1 Å². The van der Waals surface area contributed by atoms with Crippen molar-refractivity contribution in [3.05, 3.63) is 35.1 Å². The van der Waals surface area contributed by atoms with Crippen molar-refractivity contribution in [1.82, 2.24) is 4.90 Å². The first kappa shape index (κ1) is 12.9. The normalized spacial score (nSPS) is 19.3. The summed E-state index contributed by atoms with van der Waals surface area (Å²) >= 11 is 0. The van der Waals surface area contributed by atoms with Crippen LogP contribution in [0.5, 0.6) is 0 Å². The van der Waals surface area contributed by atoms with Crippen molar-refractivity contribution in [3.63, 3.8) is 0 Å². The van der Waals surface area contributed by atoms with E-state index in [1.54, 1.807) is 0 Å². The maximum atomic E-state index is 13.4. The number of likely N-dealkylation sites (tertiary alicyclic amines) is 1. The van der Waals surface area contributed by atoms with Gasteiger partial charge in [-0.2, -0.15) is 0 Å². The third-order valence-corrected chi connectivity index (χ3v) is 3.05. The van der Waals surface area contributed by atoms with Gasteiger partial charge in [0.05, 0.1) is 0 Å². The van der Waals surface area contributed by atoms with E-state index in [0.29, 0.717) is 25.1 Å². The summed E-state index contributed by atoms with van der Waals surface area (Å²) in [6.07, 6.45) is 0.590. The molecule has 1 aromatic rings. The highest BCUT2D eigenvalue weighted by atomic mass is 19.1. The van der Waals surface area contributed by atoms with Crippen LogP contribution in [0.1, 0.15) is 16.8 Å². The Hall–Kier alpha value is -1.56. The van der Waals surface area contributed by atoms with Crippen LogP contribution in [0.15, 0.2) is 12.1 Å². The zero-order valence-electron chi connectivity index (χ0n) is 9.50. The van der Waals surface area contributed by atoms with Gasteiger partial charge in [0, 0.05) is 37.7 Å². The van der Waals surface area contributed by atoms with E-state index in [1.165, 1.54) is 4.90 Å². The van der Waals surface area contributed by atoms with Crippen LogP contribution in [-0.2, 0) is 0 Å². The number of rotatable bonds is 2. The molecule has 1 fully saturated rings. The fourth-order valence-electron chi connectivity index (χ4n) is 2.07. The van der Waals surface area contributed by atoms with Crippen LogP contribution in [0, 0.1) is 23.4 Å². The second kappa shape index (κ2) is 4.97. The third kappa shape index (κ3) is 2.33. The molecule has 1 amide bonds. The van der Waals surface area contributed by atoms with Crippen molar-refractivity contribution in [2.24, 2.45) is 5.92 Å². The molecule has 1 heterocycles. The van der Waals surface area contributed by atoms with Gasteiger partial charge in [-0.25, -0.2) is 13.2 Å². The minimum absolute atomic E-state index is 0.0690. The summed E-state index contributed by atoms with van der Waals surface area (Å²) in [6, 6.07) is 0.964. The molecule has 1 atom stereocenters. The lowest BCUT2D eigenvalue weighted by Gasteiger charge is -2.17. The quantitative estimate of drug-likeness (QED) is 0.875. The van der Waals surface area contributed by atoms with Crippen molar-refractivity contribution in [1.29, 1.82) is 0 Å². The van der Waals surface area contributed by atoms with Crippen LogP contribution >= 0.6 is 0 Å². The first-order valence-corrected chi connectivity index (χ1v) is 5.57. The highest BCUT2D eigenvalue weighted by molar-refractivity contribution is 5.95. The lowest BCUT2D eigenvalue weighted by molar-refractivity contribution is 0.0772. The molecule has 0 radical (unpaired) electrons. The number of benzene rings is 1. The monoisotopic (exact) mass is 259 g/mol. The fraction of sp³-hybridized carbons (Fsp3) is 0.417. The van der Waals surface area contributed by atoms with E-state index in [9.17, 15) is 18.0 Å². The summed E-state index contributed by atoms with van der Waals surface area (Å²) in [5.74, 6) is -4.34. The minimum atomic E-state index is -1.20. The maximum Gasteiger partial charge on any atom is 0.259 e. The average molecular weight is 259 g/mol. The second-order valence-corrected chi connectivity index (χ2v) is 4.33. The van der Waals surface area contributed by atoms with Crippen LogP contribution in [0.4, 0.5) is 13.2 Å². The summed E-state index contributed by atoms with van der Waals surface area (Å²) in [5, 5.41) is 8.95. The Morgan fingerprint density at radius 2 is 1.94 bits per heavy atom. The van der Waals surface area contributed by atoms with Crippen molar-refractivity contribution in [3.8, 4) is 0 Å². The molecule has 2 rings (SSSR count). The van der Waals surface area contributed by atoms with Gasteiger partial charge in [0.1, 0.15) is 23.0 Å². The Morgan fingerprint density at radius 1 is 1.33 bits per heavy atom. The van der Waals surface area contributed by atoms with Gasteiger partial charge in [0.25, 0.3) is 5.91 Å². The highest BCUT2D eigenvalue weighted by Crippen LogP contribution is 2.22. The molecule has 98 valence electrons. The van der Waals surface area contributed by atoms with Crippen LogP contribution in [0.2, 0.25) is 0 Å². The Balaban J connectivity index is 2.25. The van der Waals surface area contributed by atoms with E-state index < -0.39 is 28.9 Å². The van der Waals surface area contributed by atoms with Gasteiger partial charge in [-0.15, -0.1) is 0 Å². The highest BCUT2D eigenvalue weighted by Gasteiger charge is 2.30. The molecule has 1 aliphatic rings. The van der Waals surface area contributed by atoms with Crippen LogP contribution in [-0.4, -0.2) is 35.6 Å². The lowest BCUT2D eigenvalue weighted by atomic mass is 10.1. The lowest BCUT2D eigenvalue weighted by Crippen LogP contribution is -2.30. The zero-order valence-corrected chi connectivity index (χ0v) is 9.50. The van der Waals surface area contributed by atoms with Crippen LogP contribution in [0.3, 0.4) is 0 Å². The van der Waals surface area contributed by atoms with Gasteiger partial charge in [-0.3, -0.25) is 4.79 Å². The number of aliphatic hydroxyl groups is 1. The SMILES string of the molecule is O=C(c1c(F)cc(F)cc1F)N1CCC(CO)C1. The van der Waals surface area contributed by atoms with Gasteiger partial charge in [0.15, 0.2) is 0 Å². The first-order valence-electron chi connectivity index (χ1n) is 5.57. The molecule has 0 bridgehead atoms. The predicted molar refractivity (Wildman–Crippen MR) is 57.4 cm³/mol. The molecular weight excluding hydrogens is 247 g/mol. The van der Waals surface area contributed by atoms with Crippen molar-refractivity contribution >= 4 is 5.91 Å². The summed E-state index contributed by atoms with van der Waals surface area (Å²) in [7, 11) is 0. The largest absolute Gasteiger partial charge is 0.396 e. The van der Waals surface area contributed by atoms with Crippen molar-refractivity contribution < 1.29 is 23.1 Å². The smallest absolute Gasteiger partial charge is 0.259 e. The van der Waals surface area contributed by atoms with E-state index >= 15 is 0 Å². The Morgan fingerprint density at radius 3 is 2.44 bits per heavy atom. The number of halogens is 3. The van der Waals surface area contributed by atoms with Crippen molar-refractivity contribution in [2.75, 3.05) is 19.7 Å². The molecular formula is C12H12F3NO2. The number of carbonyl (C=O) groups excluding carboxylic acids is 1. The zero-order chi connectivity index (χ0) is 13.3. The Kier molecular flexibility index (Phi) is 3.56. The number of hydrogen-bond acceptors (Lipinski definition) is 2. The summed E-state index contributed by atoms with van der Waals surface area (Å²) in [6.45, 7) is 0.518. The van der Waals surface area contributed by atoms with E-state index in [0.717, 1.165) is 0 Å². The van der Waals surface area contributed by atoms with Crippen LogP contribution in [0.25, 0.3) is 0 Å². The third-order valence-electron chi connectivity index (χ3n) is 3.05. The summed E-state index contributed by atoms with van der Waals surface area (Å²) in [4.78, 5) is 13.2. The minimum Gasteiger partial charge on any atom is -0.396 e. The van der Waals surface area contributed by atoms with Crippen molar-refractivity contribution in [2.45, 2.75) is 6.42 Å². The van der Waals surface area contributed by atoms with E-state index in [2.05, 4.69) is 0 Å². The molecule has 3 nitrogen and oxygen atoms in total. The Labute approximate surface area is 102 Å². The van der Waals surface area contributed by atoms with Gasteiger partial charge < -0.3 is 10.0 Å². The molecule has 1 aliphatic heterocycles. The molecule has 0 aromatic heterocycles. The first-order chi connectivity index (χ1) is 8.52. The van der Waals surface area contributed by atoms with E-state index in [1.807, 2.05) is 0 Å². The number of amides is 1. The molecule has 1 aromatic carbocycles.